The Labute approximate surface area is 217 Å². The van der Waals surface area contributed by atoms with E-state index in [1.165, 1.54) is 28.9 Å². The van der Waals surface area contributed by atoms with E-state index in [0.29, 0.717) is 10.7 Å². The first-order valence-electron chi connectivity index (χ1n) is 11.0. The number of pyridine rings is 1. The summed E-state index contributed by atoms with van der Waals surface area (Å²) in [5.41, 5.74) is 4.60. The summed E-state index contributed by atoms with van der Waals surface area (Å²) in [6.07, 6.45) is 2.86. The number of anilines is 1. The third kappa shape index (κ3) is 5.13. The van der Waals surface area contributed by atoms with Gasteiger partial charge in [0.15, 0.2) is 9.84 Å². The van der Waals surface area contributed by atoms with Crippen LogP contribution >= 0.6 is 22.7 Å². The Kier molecular flexibility index (Phi) is 6.53. The van der Waals surface area contributed by atoms with E-state index < -0.39 is 9.84 Å². The van der Waals surface area contributed by atoms with Crippen molar-refractivity contribution in [3.8, 4) is 32.3 Å². The monoisotopic (exact) mass is 531 g/mol. The fourth-order valence-electron chi connectivity index (χ4n) is 3.70. The molecule has 0 radical (unpaired) electrons. The molecule has 0 saturated carbocycles. The van der Waals surface area contributed by atoms with E-state index in [-0.39, 0.29) is 10.8 Å². The highest BCUT2D eigenvalue weighted by atomic mass is 32.2. The van der Waals surface area contributed by atoms with E-state index in [0.717, 1.165) is 37.8 Å². The molecule has 0 unspecified atom stereocenters. The van der Waals surface area contributed by atoms with E-state index in [1.807, 2.05) is 48.7 Å². The lowest BCUT2D eigenvalue weighted by Gasteiger charge is -2.07. The molecule has 0 fully saturated rings. The molecule has 2 aromatic carbocycles. The summed E-state index contributed by atoms with van der Waals surface area (Å²) in [6, 6.07) is 22.2. The molecule has 5 aromatic rings. The van der Waals surface area contributed by atoms with Gasteiger partial charge in [0.05, 0.1) is 20.3 Å². The maximum atomic E-state index is 12.5. The normalized spacial score (nSPS) is 11.4. The Morgan fingerprint density at radius 2 is 1.72 bits per heavy atom. The maximum absolute atomic E-state index is 12.5. The molecule has 3 aromatic heterocycles. The number of hydrogen-bond donors (Lipinski definition) is 1. The number of amides is 1. The molecule has 0 atom stereocenters. The van der Waals surface area contributed by atoms with E-state index in [2.05, 4.69) is 16.4 Å². The first kappa shape index (κ1) is 24.1. The van der Waals surface area contributed by atoms with Gasteiger partial charge in [-0.1, -0.05) is 42.0 Å². The molecule has 5 rings (SSSR count). The summed E-state index contributed by atoms with van der Waals surface area (Å²) in [4.78, 5) is 23.6. The van der Waals surface area contributed by atoms with Crippen molar-refractivity contribution in [2.45, 2.75) is 11.8 Å². The molecule has 1 N–H and O–H groups in total. The first-order chi connectivity index (χ1) is 17.3. The molecule has 0 aliphatic heterocycles. The zero-order valence-corrected chi connectivity index (χ0v) is 21.9. The van der Waals surface area contributed by atoms with Crippen molar-refractivity contribution in [3.63, 3.8) is 0 Å². The number of benzene rings is 2. The fraction of sp³-hybridized carbons (Fsp3) is 0.0741. The third-order valence-corrected chi connectivity index (χ3v) is 8.61. The molecule has 180 valence electrons. The van der Waals surface area contributed by atoms with E-state index in [1.54, 1.807) is 36.5 Å². The van der Waals surface area contributed by atoms with E-state index in [4.69, 9.17) is 4.98 Å². The van der Waals surface area contributed by atoms with Crippen LogP contribution in [0.25, 0.3) is 32.3 Å². The predicted octanol–water partition coefficient (Wildman–Crippen LogP) is 6.56. The van der Waals surface area contributed by atoms with Gasteiger partial charge in [0.2, 0.25) is 0 Å². The van der Waals surface area contributed by atoms with Gasteiger partial charge in [0.25, 0.3) is 5.91 Å². The predicted molar refractivity (Wildman–Crippen MR) is 146 cm³/mol. The Balaban J connectivity index is 1.57. The topological polar surface area (TPSA) is 89.0 Å². The van der Waals surface area contributed by atoms with Crippen LogP contribution in [0, 0.1) is 6.92 Å². The lowest BCUT2D eigenvalue weighted by molar-refractivity contribution is 0.103. The molecule has 0 spiro atoms. The molecule has 9 heteroatoms. The van der Waals surface area contributed by atoms with Crippen LogP contribution in [0.3, 0.4) is 0 Å². The van der Waals surface area contributed by atoms with Crippen molar-refractivity contribution in [1.29, 1.82) is 0 Å². The van der Waals surface area contributed by atoms with Crippen molar-refractivity contribution >= 4 is 44.2 Å². The van der Waals surface area contributed by atoms with Crippen LogP contribution in [0.1, 0.15) is 15.2 Å². The molecule has 0 saturated heterocycles. The molecular formula is C27H21N3O3S3. The lowest BCUT2D eigenvalue weighted by Crippen LogP contribution is -2.11. The second-order valence-corrected chi connectivity index (χ2v) is 12.2. The summed E-state index contributed by atoms with van der Waals surface area (Å²) in [5.74, 6) is 0.248. The minimum Gasteiger partial charge on any atom is -0.306 e. The van der Waals surface area contributed by atoms with E-state index >= 15 is 0 Å². The summed E-state index contributed by atoms with van der Waals surface area (Å²) in [7, 11) is -3.28. The number of thiophene rings is 1. The molecule has 36 heavy (non-hydrogen) atoms. The Hall–Kier alpha value is -3.66. The minimum absolute atomic E-state index is 0.204. The number of nitrogens with zero attached hydrogens (tertiary/aromatic N) is 2. The van der Waals surface area contributed by atoms with Gasteiger partial charge in [-0.2, -0.15) is 0 Å². The van der Waals surface area contributed by atoms with Gasteiger partial charge in [0.1, 0.15) is 10.8 Å². The summed E-state index contributed by atoms with van der Waals surface area (Å²) in [6.45, 7) is 2.03. The van der Waals surface area contributed by atoms with Crippen LogP contribution in [-0.4, -0.2) is 30.5 Å². The van der Waals surface area contributed by atoms with Crippen LogP contribution in [0.15, 0.2) is 89.3 Å². The van der Waals surface area contributed by atoms with E-state index in [9.17, 15) is 13.2 Å². The van der Waals surface area contributed by atoms with Gasteiger partial charge < -0.3 is 5.32 Å². The highest BCUT2D eigenvalue weighted by Crippen LogP contribution is 2.41. The molecule has 0 aliphatic carbocycles. The van der Waals surface area contributed by atoms with Crippen molar-refractivity contribution in [3.05, 3.63) is 94.8 Å². The minimum atomic E-state index is -3.28. The van der Waals surface area contributed by atoms with Crippen LogP contribution in [-0.2, 0) is 9.84 Å². The largest absolute Gasteiger partial charge is 0.306 e. The van der Waals surface area contributed by atoms with Crippen LogP contribution in [0.2, 0.25) is 0 Å². The van der Waals surface area contributed by atoms with Crippen molar-refractivity contribution in [1.82, 2.24) is 9.97 Å². The van der Waals surface area contributed by atoms with Crippen LogP contribution < -0.4 is 5.32 Å². The number of aryl methyl sites for hydroxylation is 1. The zero-order valence-electron chi connectivity index (χ0n) is 19.4. The first-order valence-corrected chi connectivity index (χ1v) is 14.6. The molecule has 0 bridgehead atoms. The lowest BCUT2D eigenvalue weighted by atomic mass is 10.1. The quantitative estimate of drug-likeness (QED) is 0.268. The molecular weight excluding hydrogens is 511 g/mol. The SMILES string of the molecule is Cc1cccc(-c2nc(-c3ccc(S(C)(=O)=O)cc3)sc2-c2ccnc(NC(=O)c3cccs3)c2)c1. The second-order valence-electron chi connectivity index (χ2n) is 8.22. The third-order valence-electron chi connectivity index (χ3n) is 5.46. The van der Waals surface area contributed by atoms with Gasteiger partial charge in [0, 0.05) is 23.6 Å². The molecule has 6 nitrogen and oxygen atoms in total. The average molecular weight is 532 g/mol. The standard InChI is InChI=1S/C27H21N3O3S3/c1-17-5-3-6-19(15-17)24-25(35-27(30-24)18-8-10-21(11-9-18)36(2,32)33)20-12-13-28-23(16-20)29-26(31)22-7-4-14-34-22/h3-16H,1-2H3,(H,28,29,31). The number of nitrogens with one attached hydrogen (secondary N) is 1. The number of sulfone groups is 1. The molecule has 0 aliphatic rings. The van der Waals surface area contributed by atoms with Gasteiger partial charge in [-0.05, 0) is 54.3 Å². The van der Waals surface area contributed by atoms with Gasteiger partial charge in [-0.15, -0.1) is 22.7 Å². The number of thiazole rings is 1. The fourth-order valence-corrected chi connectivity index (χ4v) is 6.04. The smallest absolute Gasteiger partial charge is 0.266 e. The molecule has 1 amide bonds. The highest BCUT2D eigenvalue weighted by Gasteiger charge is 2.18. The number of rotatable bonds is 6. The Morgan fingerprint density at radius 1 is 0.917 bits per heavy atom. The van der Waals surface area contributed by atoms with Gasteiger partial charge in [-0.25, -0.2) is 18.4 Å². The number of carbonyl (C=O) groups is 1. The summed E-state index contributed by atoms with van der Waals surface area (Å²) >= 11 is 2.88. The number of carbonyl (C=O) groups excluding carboxylic acids is 1. The maximum Gasteiger partial charge on any atom is 0.266 e. The van der Waals surface area contributed by atoms with Gasteiger partial charge in [-0.3, -0.25) is 4.79 Å². The molecule has 3 heterocycles. The van der Waals surface area contributed by atoms with Crippen LogP contribution in [0.5, 0.6) is 0 Å². The van der Waals surface area contributed by atoms with Crippen molar-refractivity contribution in [2.75, 3.05) is 11.6 Å². The second kappa shape index (κ2) is 9.77. The van der Waals surface area contributed by atoms with Crippen molar-refractivity contribution in [2.24, 2.45) is 0 Å². The Morgan fingerprint density at radius 3 is 2.42 bits per heavy atom. The number of aromatic nitrogens is 2. The van der Waals surface area contributed by atoms with Crippen LogP contribution in [0.4, 0.5) is 5.82 Å². The zero-order chi connectivity index (χ0) is 25.3. The summed E-state index contributed by atoms with van der Waals surface area (Å²) < 4.78 is 23.8. The summed E-state index contributed by atoms with van der Waals surface area (Å²) in [5, 5.41) is 5.49. The average Bonchev–Trinajstić information content (AvgIpc) is 3.55. The van der Waals surface area contributed by atoms with Crippen molar-refractivity contribution < 1.29 is 13.2 Å². The van der Waals surface area contributed by atoms with Gasteiger partial charge >= 0.3 is 0 Å². The Bertz CT molecular complexity index is 1660. The highest BCUT2D eigenvalue weighted by molar-refractivity contribution is 7.90. The number of hydrogen-bond acceptors (Lipinski definition) is 7.